The van der Waals surface area contributed by atoms with Gasteiger partial charge in [-0.3, -0.25) is 4.90 Å². The van der Waals surface area contributed by atoms with Gasteiger partial charge >= 0.3 is 0 Å². The van der Waals surface area contributed by atoms with E-state index in [1.54, 1.807) is 4.91 Å². The molecule has 0 bridgehead atoms. The average Bonchev–Trinajstić information content (AvgIpc) is 3.15. The minimum Gasteiger partial charge on any atom is -0.296 e. The second-order valence-electron chi connectivity index (χ2n) is 4.56. The molecule has 0 atom stereocenters. The first-order valence-corrected chi connectivity index (χ1v) is 6.89. The lowest BCUT2D eigenvalue weighted by molar-refractivity contribution is 0.287. The molecule has 1 saturated carbocycles. The Kier molecular flexibility index (Phi) is 3.02. The van der Waals surface area contributed by atoms with Crippen molar-refractivity contribution < 1.29 is 0 Å². The standard InChI is InChI=1S/C14H17NS/c1-2-4-13(5-3-1)16-14-8-10-15(11-9-14)12-6-7-12/h1-5,8,12H,6-7,9-11H2. The van der Waals surface area contributed by atoms with E-state index in [0.29, 0.717) is 0 Å². The van der Waals surface area contributed by atoms with Crippen molar-refractivity contribution in [2.24, 2.45) is 0 Å². The third kappa shape index (κ3) is 2.50. The van der Waals surface area contributed by atoms with Crippen LogP contribution in [0.5, 0.6) is 0 Å². The van der Waals surface area contributed by atoms with E-state index in [1.807, 2.05) is 11.8 Å². The van der Waals surface area contributed by atoms with Gasteiger partial charge in [0, 0.05) is 24.0 Å². The number of thioether (sulfide) groups is 1. The molecule has 2 aliphatic rings. The Balaban J connectivity index is 1.60. The quantitative estimate of drug-likeness (QED) is 0.783. The highest BCUT2D eigenvalue weighted by atomic mass is 32.2. The Morgan fingerprint density at radius 1 is 1.12 bits per heavy atom. The molecule has 1 aromatic carbocycles. The lowest BCUT2D eigenvalue weighted by Gasteiger charge is -2.25. The molecule has 0 amide bonds. The Bertz CT molecular complexity index is 381. The van der Waals surface area contributed by atoms with Gasteiger partial charge in [-0.2, -0.15) is 0 Å². The third-order valence-electron chi connectivity index (χ3n) is 3.25. The molecule has 1 fully saturated rings. The van der Waals surface area contributed by atoms with Crippen molar-refractivity contribution in [1.82, 2.24) is 4.90 Å². The van der Waals surface area contributed by atoms with E-state index in [-0.39, 0.29) is 0 Å². The van der Waals surface area contributed by atoms with E-state index in [4.69, 9.17) is 0 Å². The molecule has 0 radical (unpaired) electrons. The van der Waals surface area contributed by atoms with Crippen molar-refractivity contribution in [2.75, 3.05) is 13.1 Å². The first-order chi connectivity index (χ1) is 7.92. The SMILES string of the molecule is C1=C(Sc2ccccc2)CCN(C2CC2)C1. The maximum Gasteiger partial charge on any atom is 0.0177 e. The fourth-order valence-electron chi connectivity index (χ4n) is 2.17. The van der Waals surface area contributed by atoms with Crippen molar-refractivity contribution in [3.8, 4) is 0 Å². The second-order valence-corrected chi connectivity index (χ2v) is 5.76. The van der Waals surface area contributed by atoms with Crippen LogP contribution in [0.15, 0.2) is 46.2 Å². The predicted molar refractivity (Wildman–Crippen MR) is 69.6 cm³/mol. The predicted octanol–water partition coefficient (Wildman–Crippen LogP) is 3.53. The molecule has 2 heteroatoms. The lowest BCUT2D eigenvalue weighted by atomic mass is 10.2. The van der Waals surface area contributed by atoms with Crippen LogP contribution in [0, 0.1) is 0 Å². The smallest absolute Gasteiger partial charge is 0.0177 e. The molecule has 0 saturated heterocycles. The fraction of sp³-hybridized carbons (Fsp3) is 0.429. The highest BCUT2D eigenvalue weighted by molar-refractivity contribution is 8.03. The van der Waals surface area contributed by atoms with Gasteiger partial charge in [0.05, 0.1) is 0 Å². The van der Waals surface area contributed by atoms with Crippen LogP contribution in [0.1, 0.15) is 19.3 Å². The molecule has 3 rings (SSSR count). The summed E-state index contributed by atoms with van der Waals surface area (Å²) in [7, 11) is 0. The Morgan fingerprint density at radius 3 is 2.56 bits per heavy atom. The molecule has 16 heavy (non-hydrogen) atoms. The van der Waals surface area contributed by atoms with E-state index in [1.165, 1.54) is 37.2 Å². The third-order valence-corrected chi connectivity index (χ3v) is 4.40. The van der Waals surface area contributed by atoms with E-state index in [2.05, 4.69) is 41.3 Å². The zero-order chi connectivity index (χ0) is 10.8. The summed E-state index contributed by atoms with van der Waals surface area (Å²) in [5.41, 5.74) is 0. The van der Waals surface area contributed by atoms with Gasteiger partial charge in [0.2, 0.25) is 0 Å². The maximum absolute atomic E-state index is 2.62. The molecule has 0 aromatic heterocycles. The van der Waals surface area contributed by atoms with Crippen molar-refractivity contribution in [2.45, 2.75) is 30.2 Å². The zero-order valence-corrected chi connectivity index (χ0v) is 10.2. The van der Waals surface area contributed by atoms with E-state index >= 15 is 0 Å². The summed E-state index contributed by atoms with van der Waals surface area (Å²) >= 11 is 1.93. The highest BCUT2D eigenvalue weighted by Gasteiger charge is 2.29. The Labute approximate surface area is 102 Å². The van der Waals surface area contributed by atoms with Gasteiger partial charge in [0.25, 0.3) is 0 Å². The van der Waals surface area contributed by atoms with E-state index in [9.17, 15) is 0 Å². The number of rotatable bonds is 3. The van der Waals surface area contributed by atoms with Crippen molar-refractivity contribution in [1.29, 1.82) is 0 Å². The molecule has 1 aliphatic carbocycles. The molecule has 1 aliphatic heterocycles. The number of hydrogen-bond donors (Lipinski definition) is 0. The van der Waals surface area contributed by atoms with Gasteiger partial charge in [-0.1, -0.05) is 36.0 Å². The van der Waals surface area contributed by atoms with Crippen LogP contribution >= 0.6 is 11.8 Å². The van der Waals surface area contributed by atoms with Crippen molar-refractivity contribution in [3.63, 3.8) is 0 Å². The molecule has 0 N–H and O–H groups in total. The van der Waals surface area contributed by atoms with Crippen LogP contribution in [0.25, 0.3) is 0 Å². The van der Waals surface area contributed by atoms with Crippen LogP contribution < -0.4 is 0 Å². The number of benzene rings is 1. The van der Waals surface area contributed by atoms with Gasteiger partial charge in [0.1, 0.15) is 0 Å². The van der Waals surface area contributed by atoms with Crippen molar-refractivity contribution >= 4 is 11.8 Å². The molecule has 84 valence electrons. The first kappa shape index (κ1) is 10.4. The van der Waals surface area contributed by atoms with Gasteiger partial charge in [0.15, 0.2) is 0 Å². The minimum atomic E-state index is 0.916. The Morgan fingerprint density at radius 2 is 1.94 bits per heavy atom. The molecular weight excluding hydrogens is 214 g/mol. The maximum atomic E-state index is 2.62. The van der Waals surface area contributed by atoms with Gasteiger partial charge in [-0.15, -0.1) is 0 Å². The summed E-state index contributed by atoms with van der Waals surface area (Å²) in [5, 5.41) is 0. The van der Waals surface area contributed by atoms with Crippen LogP contribution in [-0.4, -0.2) is 24.0 Å². The average molecular weight is 231 g/mol. The second kappa shape index (κ2) is 4.64. The van der Waals surface area contributed by atoms with Crippen LogP contribution in [-0.2, 0) is 0 Å². The monoisotopic (exact) mass is 231 g/mol. The van der Waals surface area contributed by atoms with Crippen LogP contribution in [0.3, 0.4) is 0 Å². The molecule has 0 spiro atoms. The van der Waals surface area contributed by atoms with E-state index < -0.39 is 0 Å². The molecule has 1 nitrogen and oxygen atoms in total. The van der Waals surface area contributed by atoms with Gasteiger partial charge in [-0.05, 0) is 36.3 Å². The Hall–Kier alpha value is -0.730. The van der Waals surface area contributed by atoms with Crippen LogP contribution in [0.2, 0.25) is 0 Å². The lowest BCUT2D eigenvalue weighted by Crippen LogP contribution is -2.30. The summed E-state index contributed by atoms with van der Waals surface area (Å²) in [6.07, 6.45) is 6.50. The van der Waals surface area contributed by atoms with Crippen LogP contribution in [0.4, 0.5) is 0 Å². The summed E-state index contributed by atoms with van der Waals surface area (Å²) in [6.45, 7) is 2.43. The molecule has 0 unspecified atom stereocenters. The summed E-state index contributed by atoms with van der Waals surface area (Å²) in [5.74, 6) is 0. The van der Waals surface area contributed by atoms with Gasteiger partial charge < -0.3 is 0 Å². The topological polar surface area (TPSA) is 3.24 Å². The summed E-state index contributed by atoms with van der Waals surface area (Å²) in [4.78, 5) is 5.53. The van der Waals surface area contributed by atoms with E-state index in [0.717, 1.165) is 6.04 Å². The zero-order valence-electron chi connectivity index (χ0n) is 9.43. The number of hydrogen-bond acceptors (Lipinski definition) is 2. The summed E-state index contributed by atoms with van der Waals surface area (Å²) in [6, 6.07) is 11.6. The summed E-state index contributed by atoms with van der Waals surface area (Å²) < 4.78 is 0. The highest BCUT2D eigenvalue weighted by Crippen LogP contribution is 2.34. The first-order valence-electron chi connectivity index (χ1n) is 6.08. The molecule has 1 aromatic rings. The van der Waals surface area contributed by atoms with Crippen molar-refractivity contribution in [3.05, 3.63) is 41.3 Å². The number of nitrogens with zero attached hydrogens (tertiary/aromatic N) is 1. The molecule has 1 heterocycles. The molecular formula is C14H17NS. The normalized spacial score (nSPS) is 21.9. The fourth-order valence-corrected chi connectivity index (χ4v) is 3.12. The minimum absolute atomic E-state index is 0.916. The largest absolute Gasteiger partial charge is 0.296 e. The van der Waals surface area contributed by atoms with Gasteiger partial charge in [-0.25, -0.2) is 0 Å².